The first-order chi connectivity index (χ1) is 11.4. The van der Waals surface area contributed by atoms with Crippen LogP contribution in [0.1, 0.15) is 58.9 Å². The average Bonchev–Trinajstić information content (AvgIpc) is 2.74. The van der Waals surface area contributed by atoms with Crippen molar-refractivity contribution in [2.75, 3.05) is 0 Å². The number of nitrogens with one attached hydrogen (secondary N) is 1. The number of rotatable bonds is 8. The molecule has 1 heterocycles. The first-order valence-corrected chi connectivity index (χ1v) is 8.81. The zero-order valence-corrected chi connectivity index (χ0v) is 15.1. The van der Waals surface area contributed by atoms with E-state index in [4.69, 9.17) is 4.74 Å². The third kappa shape index (κ3) is 3.89. The number of nitrogens with zero attached hydrogens (tertiary/aromatic N) is 1. The lowest BCUT2D eigenvalue weighted by Gasteiger charge is -2.25. The van der Waals surface area contributed by atoms with Crippen LogP contribution in [0.3, 0.4) is 0 Å². The molecule has 0 aliphatic carbocycles. The van der Waals surface area contributed by atoms with E-state index in [-0.39, 0.29) is 18.0 Å². The number of urea groups is 1. The van der Waals surface area contributed by atoms with Gasteiger partial charge in [-0.3, -0.25) is 9.69 Å². The highest BCUT2D eigenvalue weighted by Gasteiger charge is 2.49. The van der Waals surface area contributed by atoms with Gasteiger partial charge in [0.05, 0.1) is 12.6 Å². The summed E-state index contributed by atoms with van der Waals surface area (Å²) in [5, 5.41) is 2.94. The fraction of sp³-hybridized carbons (Fsp3) is 0.579. The highest BCUT2D eigenvalue weighted by Crippen LogP contribution is 2.29. The second-order valence-corrected chi connectivity index (χ2v) is 6.71. The molecule has 0 radical (unpaired) electrons. The van der Waals surface area contributed by atoms with Crippen LogP contribution in [-0.2, 0) is 11.3 Å². The summed E-state index contributed by atoms with van der Waals surface area (Å²) < 4.78 is 5.62. The van der Waals surface area contributed by atoms with Crippen LogP contribution >= 0.6 is 0 Å². The van der Waals surface area contributed by atoms with Crippen LogP contribution in [-0.4, -0.2) is 28.5 Å². The lowest BCUT2D eigenvalue weighted by molar-refractivity contribution is -0.132. The van der Waals surface area contributed by atoms with Gasteiger partial charge in [-0.05, 0) is 44.4 Å². The molecule has 1 fully saturated rings. The van der Waals surface area contributed by atoms with Crippen molar-refractivity contribution in [2.24, 2.45) is 0 Å². The maximum atomic E-state index is 12.9. The zero-order chi connectivity index (χ0) is 17.7. The molecule has 1 aliphatic heterocycles. The number of amides is 3. The average molecular weight is 332 g/mol. The minimum Gasteiger partial charge on any atom is -0.491 e. The Bertz CT molecular complexity index is 575. The van der Waals surface area contributed by atoms with E-state index in [1.54, 1.807) is 0 Å². The van der Waals surface area contributed by atoms with Crippen molar-refractivity contribution in [2.45, 2.75) is 71.6 Å². The van der Waals surface area contributed by atoms with Gasteiger partial charge in [0.2, 0.25) is 0 Å². The molecule has 0 spiro atoms. The Morgan fingerprint density at radius 3 is 2.17 bits per heavy atom. The number of carbonyl (C=O) groups is 2. The fourth-order valence-corrected chi connectivity index (χ4v) is 3.27. The molecule has 0 aromatic heterocycles. The molecule has 132 valence electrons. The smallest absolute Gasteiger partial charge is 0.325 e. The molecule has 1 N–H and O–H groups in total. The number of hydrogen-bond acceptors (Lipinski definition) is 3. The molecule has 24 heavy (non-hydrogen) atoms. The van der Waals surface area contributed by atoms with Crippen LogP contribution in [0.2, 0.25) is 0 Å². The SMILES string of the molecule is CCCC1(CCC)NC(=O)N(Cc2ccc(OC(C)C)cc2)C1=O. The second-order valence-electron chi connectivity index (χ2n) is 6.71. The quantitative estimate of drug-likeness (QED) is 0.735. The Morgan fingerprint density at radius 2 is 1.67 bits per heavy atom. The van der Waals surface area contributed by atoms with Gasteiger partial charge < -0.3 is 10.1 Å². The lowest BCUT2D eigenvalue weighted by atomic mass is 9.88. The largest absolute Gasteiger partial charge is 0.491 e. The van der Waals surface area contributed by atoms with E-state index in [1.165, 1.54) is 4.90 Å². The van der Waals surface area contributed by atoms with Crippen molar-refractivity contribution in [1.82, 2.24) is 10.2 Å². The van der Waals surface area contributed by atoms with E-state index in [9.17, 15) is 9.59 Å². The highest BCUT2D eigenvalue weighted by atomic mass is 16.5. The van der Waals surface area contributed by atoms with Crippen molar-refractivity contribution >= 4 is 11.9 Å². The predicted molar refractivity (Wildman–Crippen MR) is 93.8 cm³/mol. The maximum absolute atomic E-state index is 12.9. The van der Waals surface area contributed by atoms with Crippen LogP contribution in [0.15, 0.2) is 24.3 Å². The number of benzene rings is 1. The molecule has 3 amide bonds. The van der Waals surface area contributed by atoms with Crippen LogP contribution in [0.5, 0.6) is 5.75 Å². The molecule has 0 atom stereocenters. The summed E-state index contributed by atoms with van der Waals surface area (Å²) in [5.74, 6) is 0.691. The Morgan fingerprint density at radius 1 is 1.08 bits per heavy atom. The van der Waals surface area contributed by atoms with Gasteiger partial charge in [0.15, 0.2) is 0 Å². The molecule has 0 bridgehead atoms. The third-order valence-corrected chi connectivity index (χ3v) is 4.24. The minimum atomic E-state index is -0.721. The van der Waals surface area contributed by atoms with Gasteiger partial charge in [-0.1, -0.05) is 38.8 Å². The molecule has 1 aliphatic rings. The van der Waals surface area contributed by atoms with Crippen LogP contribution in [0, 0.1) is 0 Å². The third-order valence-electron chi connectivity index (χ3n) is 4.24. The van der Waals surface area contributed by atoms with E-state index in [2.05, 4.69) is 5.32 Å². The van der Waals surface area contributed by atoms with Gasteiger partial charge in [0, 0.05) is 0 Å². The summed E-state index contributed by atoms with van der Waals surface area (Å²) in [5.41, 5.74) is 0.194. The van der Waals surface area contributed by atoms with E-state index in [0.29, 0.717) is 19.4 Å². The monoisotopic (exact) mass is 332 g/mol. The van der Waals surface area contributed by atoms with Gasteiger partial charge in [-0.25, -0.2) is 4.79 Å². The predicted octanol–water partition coefficient (Wildman–Crippen LogP) is 3.86. The van der Waals surface area contributed by atoms with Crippen LogP contribution in [0.4, 0.5) is 4.79 Å². The first-order valence-electron chi connectivity index (χ1n) is 8.81. The van der Waals surface area contributed by atoms with Gasteiger partial charge in [0.1, 0.15) is 11.3 Å². The lowest BCUT2D eigenvalue weighted by Crippen LogP contribution is -2.46. The molecule has 0 saturated carbocycles. The van der Waals surface area contributed by atoms with Crippen molar-refractivity contribution in [3.8, 4) is 5.75 Å². The fourth-order valence-electron chi connectivity index (χ4n) is 3.27. The van der Waals surface area contributed by atoms with Gasteiger partial charge in [0.25, 0.3) is 5.91 Å². The topological polar surface area (TPSA) is 58.6 Å². The van der Waals surface area contributed by atoms with Gasteiger partial charge in [-0.15, -0.1) is 0 Å². The molecular formula is C19H28N2O3. The summed E-state index contributed by atoms with van der Waals surface area (Å²) in [4.78, 5) is 26.5. The minimum absolute atomic E-state index is 0.0984. The summed E-state index contributed by atoms with van der Waals surface area (Å²) in [6, 6.07) is 7.26. The zero-order valence-electron chi connectivity index (χ0n) is 15.1. The Labute approximate surface area is 144 Å². The first kappa shape index (κ1) is 18.3. The summed E-state index contributed by atoms with van der Waals surface area (Å²) in [6.07, 6.45) is 3.21. The maximum Gasteiger partial charge on any atom is 0.325 e. The second kappa shape index (κ2) is 7.69. The molecule has 0 unspecified atom stereocenters. The van der Waals surface area contributed by atoms with Crippen molar-refractivity contribution in [1.29, 1.82) is 0 Å². The highest BCUT2D eigenvalue weighted by molar-refractivity contribution is 6.06. The number of carbonyl (C=O) groups excluding carboxylic acids is 2. The van der Waals surface area contributed by atoms with Crippen LogP contribution < -0.4 is 10.1 Å². The van der Waals surface area contributed by atoms with Crippen molar-refractivity contribution in [3.63, 3.8) is 0 Å². The molecule has 1 saturated heterocycles. The summed E-state index contributed by atoms with van der Waals surface area (Å²) >= 11 is 0. The molecule has 1 aromatic carbocycles. The van der Waals surface area contributed by atoms with E-state index in [0.717, 1.165) is 24.2 Å². The van der Waals surface area contributed by atoms with Gasteiger partial charge >= 0.3 is 6.03 Å². The number of ether oxygens (including phenoxy) is 1. The molecule has 5 nitrogen and oxygen atoms in total. The summed E-state index contributed by atoms with van der Waals surface area (Å²) in [7, 11) is 0. The van der Waals surface area contributed by atoms with Crippen LogP contribution in [0.25, 0.3) is 0 Å². The Hall–Kier alpha value is -2.04. The molecule has 1 aromatic rings. The standard InChI is InChI=1S/C19H28N2O3/c1-5-11-19(12-6-2)17(22)21(18(23)20-19)13-15-7-9-16(10-8-15)24-14(3)4/h7-10,14H,5-6,11-13H2,1-4H3,(H,20,23). The van der Waals surface area contributed by atoms with E-state index < -0.39 is 5.54 Å². The summed E-state index contributed by atoms with van der Waals surface area (Å²) in [6.45, 7) is 8.31. The number of imide groups is 1. The molecular weight excluding hydrogens is 304 g/mol. The van der Waals surface area contributed by atoms with Crippen molar-refractivity contribution < 1.29 is 14.3 Å². The van der Waals surface area contributed by atoms with Gasteiger partial charge in [-0.2, -0.15) is 0 Å². The Balaban J connectivity index is 2.11. The van der Waals surface area contributed by atoms with Crippen molar-refractivity contribution in [3.05, 3.63) is 29.8 Å². The normalized spacial score (nSPS) is 16.6. The van der Waals surface area contributed by atoms with E-state index in [1.807, 2.05) is 52.0 Å². The Kier molecular flexibility index (Phi) is 5.86. The van der Waals surface area contributed by atoms with E-state index >= 15 is 0 Å². The molecule has 5 heteroatoms. The molecule has 2 rings (SSSR count). The number of hydrogen-bond donors (Lipinski definition) is 1.